The predicted molar refractivity (Wildman–Crippen MR) is 132 cm³/mol. The quantitative estimate of drug-likeness (QED) is 0.196. The maximum absolute atomic E-state index is 12.5. The van der Waals surface area contributed by atoms with Gasteiger partial charge in [0.05, 0.1) is 24.1 Å². The molecular weight excluding hydrogens is 470 g/mol. The van der Waals surface area contributed by atoms with Gasteiger partial charge >= 0.3 is 0 Å². The summed E-state index contributed by atoms with van der Waals surface area (Å²) in [5.41, 5.74) is 0.700. The van der Waals surface area contributed by atoms with E-state index in [-0.39, 0.29) is 12.5 Å². The molecule has 1 aliphatic rings. The van der Waals surface area contributed by atoms with Crippen molar-refractivity contribution in [2.75, 3.05) is 34.0 Å². The molecule has 32 heavy (non-hydrogen) atoms. The topological polar surface area (TPSA) is 57.2 Å². The summed E-state index contributed by atoms with van der Waals surface area (Å²) in [5, 5.41) is 0.360. The zero-order valence-corrected chi connectivity index (χ0v) is 20.0. The van der Waals surface area contributed by atoms with Gasteiger partial charge in [0.25, 0.3) is 5.91 Å². The maximum Gasteiger partial charge on any atom is 0.266 e. The van der Waals surface area contributed by atoms with Gasteiger partial charge in [-0.3, -0.25) is 9.69 Å². The normalized spacial score (nSPS) is 14.6. The lowest BCUT2D eigenvalue weighted by atomic mass is 10.1. The van der Waals surface area contributed by atoms with Crippen LogP contribution in [0.2, 0.25) is 5.02 Å². The van der Waals surface area contributed by atoms with Crippen molar-refractivity contribution < 1.29 is 23.7 Å². The second-order valence-corrected chi connectivity index (χ2v) is 8.57. The summed E-state index contributed by atoms with van der Waals surface area (Å²) < 4.78 is 22.6. The summed E-state index contributed by atoms with van der Waals surface area (Å²) in [6.45, 7) is 4.59. The van der Waals surface area contributed by atoms with Crippen molar-refractivity contribution in [3.63, 3.8) is 0 Å². The van der Waals surface area contributed by atoms with Crippen LogP contribution >= 0.6 is 35.6 Å². The Hall–Kier alpha value is -2.68. The van der Waals surface area contributed by atoms with E-state index >= 15 is 0 Å². The molecule has 9 heteroatoms. The number of methoxy groups -OCH3 is 2. The minimum Gasteiger partial charge on any atom is -0.497 e. The van der Waals surface area contributed by atoms with E-state index in [4.69, 9.17) is 42.8 Å². The van der Waals surface area contributed by atoms with Crippen LogP contribution in [0.25, 0.3) is 6.08 Å². The fourth-order valence-electron chi connectivity index (χ4n) is 2.90. The summed E-state index contributed by atoms with van der Waals surface area (Å²) in [4.78, 5) is 14.5. The third kappa shape index (κ3) is 5.76. The van der Waals surface area contributed by atoms with Crippen molar-refractivity contribution in [1.29, 1.82) is 0 Å². The molecule has 0 N–H and O–H groups in total. The van der Waals surface area contributed by atoms with Crippen LogP contribution in [0.15, 0.2) is 54.0 Å². The van der Waals surface area contributed by atoms with Gasteiger partial charge in [-0.25, -0.2) is 0 Å². The standard InChI is InChI=1S/C23H22ClNO5S2/c1-4-8-25-22(26)20(32-23(25)31)13-15-11-18(24)21(19(12-15)28-3)30-10-9-29-17-7-5-6-16(14-17)27-2/h4-7,11-14H,1,8-10H2,2-3H3. The second-order valence-electron chi connectivity index (χ2n) is 6.49. The molecule has 0 unspecified atom stereocenters. The zero-order chi connectivity index (χ0) is 23.1. The Morgan fingerprint density at radius 3 is 2.59 bits per heavy atom. The Labute approximate surface area is 201 Å². The molecule has 0 bridgehead atoms. The van der Waals surface area contributed by atoms with Gasteiger partial charge in [0.2, 0.25) is 0 Å². The molecule has 2 aromatic carbocycles. The third-order valence-electron chi connectivity index (χ3n) is 4.37. The number of thiocarbonyl (C=S) groups is 1. The van der Waals surface area contributed by atoms with E-state index < -0.39 is 0 Å². The molecule has 1 amide bonds. The molecule has 0 atom stereocenters. The number of ether oxygens (including phenoxy) is 4. The number of halogens is 1. The lowest BCUT2D eigenvalue weighted by Crippen LogP contribution is -2.27. The van der Waals surface area contributed by atoms with Crippen molar-refractivity contribution >= 4 is 51.9 Å². The third-order valence-corrected chi connectivity index (χ3v) is 6.03. The van der Waals surface area contributed by atoms with E-state index in [9.17, 15) is 4.79 Å². The Kier molecular flexibility index (Phi) is 8.44. The number of benzene rings is 2. The largest absolute Gasteiger partial charge is 0.497 e. The number of carbonyl (C=O) groups excluding carboxylic acids is 1. The summed E-state index contributed by atoms with van der Waals surface area (Å²) >= 11 is 13.0. The van der Waals surface area contributed by atoms with Crippen molar-refractivity contribution in [2.45, 2.75) is 0 Å². The number of rotatable bonds is 10. The van der Waals surface area contributed by atoms with E-state index in [0.717, 1.165) is 0 Å². The summed E-state index contributed by atoms with van der Waals surface area (Å²) in [5.74, 6) is 2.08. The molecule has 3 rings (SSSR count). The Bertz CT molecular complexity index is 1060. The highest BCUT2D eigenvalue weighted by Crippen LogP contribution is 2.39. The van der Waals surface area contributed by atoms with Crippen LogP contribution in [0.5, 0.6) is 23.0 Å². The highest BCUT2D eigenvalue weighted by Gasteiger charge is 2.31. The summed E-state index contributed by atoms with van der Waals surface area (Å²) in [6, 6.07) is 10.8. The molecular formula is C23H22ClNO5S2. The highest BCUT2D eigenvalue weighted by molar-refractivity contribution is 8.26. The number of hydrogen-bond donors (Lipinski definition) is 0. The van der Waals surface area contributed by atoms with Crippen LogP contribution in [-0.2, 0) is 4.79 Å². The Morgan fingerprint density at radius 1 is 1.12 bits per heavy atom. The van der Waals surface area contributed by atoms with E-state index in [0.29, 0.717) is 56.0 Å². The van der Waals surface area contributed by atoms with E-state index in [1.54, 1.807) is 37.5 Å². The molecule has 0 aliphatic carbocycles. The number of amides is 1. The lowest BCUT2D eigenvalue weighted by molar-refractivity contribution is -0.121. The first kappa shape index (κ1) is 24.0. The molecule has 2 aromatic rings. The fraction of sp³-hybridized carbons (Fsp3) is 0.217. The monoisotopic (exact) mass is 491 g/mol. The average Bonchev–Trinajstić information content (AvgIpc) is 3.05. The minimum atomic E-state index is -0.162. The fourth-order valence-corrected chi connectivity index (χ4v) is 4.44. The van der Waals surface area contributed by atoms with Gasteiger partial charge < -0.3 is 18.9 Å². The number of nitrogens with zero attached hydrogens (tertiary/aromatic N) is 1. The molecule has 1 heterocycles. The minimum absolute atomic E-state index is 0.162. The summed E-state index contributed by atoms with van der Waals surface area (Å²) in [6.07, 6.45) is 3.37. The molecule has 1 aliphatic heterocycles. The van der Waals surface area contributed by atoms with Gasteiger partial charge in [0.15, 0.2) is 11.5 Å². The van der Waals surface area contributed by atoms with Gasteiger partial charge in [0.1, 0.15) is 29.0 Å². The average molecular weight is 492 g/mol. The smallest absolute Gasteiger partial charge is 0.266 e. The van der Waals surface area contributed by atoms with Crippen molar-refractivity contribution in [1.82, 2.24) is 4.90 Å². The van der Waals surface area contributed by atoms with Gasteiger partial charge in [-0.2, -0.15) is 0 Å². The van der Waals surface area contributed by atoms with Crippen molar-refractivity contribution in [2.24, 2.45) is 0 Å². The van der Waals surface area contributed by atoms with Crippen LogP contribution < -0.4 is 18.9 Å². The SMILES string of the molecule is C=CCN1C(=O)C(=Cc2cc(Cl)c(OCCOc3cccc(OC)c3)c(OC)c2)SC1=S. The van der Waals surface area contributed by atoms with Crippen LogP contribution in [0.4, 0.5) is 0 Å². The molecule has 6 nitrogen and oxygen atoms in total. The molecule has 1 fully saturated rings. The van der Waals surface area contributed by atoms with Crippen molar-refractivity contribution in [3.8, 4) is 23.0 Å². The van der Waals surface area contributed by atoms with Crippen LogP contribution in [0.3, 0.4) is 0 Å². The number of carbonyl (C=O) groups is 1. The molecule has 0 radical (unpaired) electrons. The van der Waals surface area contributed by atoms with Gasteiger partial charge in [0, 0.05) is 12.6 Å². The molecule has 1 saturated heterocycles. The highest BCUT2D eigenvalue weighted by atomic mass is 35.5. The molecule has 0 saturated carbocycles. The first-order valence-corrected chi connectivity index (χ1v) is 11.2. The van der Waals surface area contributed by atoms with E-state index in [1.807, 2.05) is 18.2 Å². The molecule has 0 spiro atoms. The van der Waals surface area contributed by atoms with Crippen molar-refractivity contribution in [3.05, 3.63) is 64.5 Å². The van der Waals surface area contributed by atoms with Gasteiger partial charge in [-0.05, 0) is 35.9 Å². The van der Waals surface area contributed by atoms with Crippen LogP contribution in [-0.4, -0.2) is 49.1 Å². The van der Waals surface area contributed by atoms with Crippen LogP contribution in [0, 0.1) is 0 Å². The van der Waals surface area contributed by atoms with E-state index in [2.05, 4.69) is 6.58 Å². The van der Waals surface area contributed by atoms with Gasteiger partial charge in [-0.1, -0.05) is 47.7 Å². The first-order valence-electron chi connectivity index (χ1n) is 9.60. The maximum atomic E-state index is 12.5. The lowest BCUT2D eigenvalue weighted by Gasteiger charge is -2.14. The zero-order valence-electron chi connectivity index (χ0n) is 17.6. The molecule has 0 aromatic heterocycles. The molecule has 168 valence electrons. The number of hydrogen-bond acceptors (Lipinski definition) is 7. The second kappa shape index (κ2) is 11.3. The Morgan fingerprint density at radius 2 is 1.88 bits per heavy atom. The predicted octanol–water partition coefficient (Wildman–Crippen LogP) is 5.20. The van der Waals surface area contributed by atoms with Crippen LogP contribution in [0.1, 0.15) is 5.56 Å². The number of thioether (sulfide) groups is 1. The first-order chi connectivity index (χ1) is 15.5. The Balaban J connectivity index is 1.68. The van der Waals surface area contributed by atoms with Gasteiger partial charge in [-0.15, -0.1) is 6.58 Å². The van der Waals surface area contributed by atoms with E-state index in [1.165, 1.54) is 23.8 Å². The summed E-state index contributed by atoms with van der Waals surface area (Å²) in [7, 11) is 3.13.